The van der Waals surface area contributed by atoms with Gasteiger partial charge in [-0.3, -0.25) is 0 Å². The van der Waals surface area contributed by atoms with E-state index < -0.39 is 0 Å². The number of allylic oxidation sites excluding steroid dienone is 8. The normalized spacial score (nSPS) is 22.5. The van der Waals surface area contributed by atoms with Crippen LogP contribution in [-0.2, 0) is 0 Å². The highest BCUT2D eigenvalue weighted by Crippen LogP contribution is 2.43. The van der Waals surface area contributed by atoms with Gasteiger partial charge in [0.15, 0.2) is 0 Å². The van der Waals surface area contributed by atoms with Crippen LogP contribution in [-0.4, -0.2) is 9.52 Å². The topological polar surface area (TPSA) is 0 Å². The summed E-state index contributed by atoms with van der Waals surface area (Å²) >= 11 is 0. The third-order valence-corrected chi connectivity index (χ3v) is 10.7. The molecule has 0 saturated carbocycles. The maximum atomic E-state index is 2.57. The molecule has 0 radical (unpaired) electrons. The zero-order valence-electron chi connectivity index (χ0n) is 22.7. The molecule has 0 nitrogen and oxygen atoms in total. The lowest BCUT2D eigenvalue weighted by Crippen LogP contribution is -2.19. The van der Waals surface area contributed by atoms with E-state index in [4.69, 9.17) is 0 Å². The van der Waals surface area contributed by atoms with E-state index >= 15 is 0 Å². The summed E-state index contributed by atoms with van der Waals surface area (Å²) in [6.07, 6.45) is 41.6. The molecule has 0 aliphatic heterocycles. The van der Waals surface area contributed by atoms with Crippen molar-refractivity contribution in [2.24, 2.45) is 0 Å². The molecule has 0 aromatic heterocycles. The quantitative estimate of drug-likeness (QED) is 0.123. The standard InChI is InChI=1S/C32H56Si/c1-4-6-7-8-9-10-11-12-13-14-15-16-17-18-19-21-24-29-25-26-31(30(29)5-2)33-32(3)27-22-20-23-28-32/h20,22-23,25-27,31H,4-19,21,24,28,33H2,1-3H3. The fourth-order valence-corrected chi connectivity index (χ4v) is 8.59. The summed E-state index contributed by atoms with van der Waals surface area (Å²) in [7, 11) is -0.185. The maximum absolute atomic E-state index is 2.57. The van der Waals surface area contributed by atoms with E-state index in [1.165, 1.54) is 122 Å². The van der Waals surface area contributed by atoms with Crippen molar-refractivity contribution in [2.45, 2.75) is 153 Å². The Kier molecular flexibility index (Phi) is 15.1. The summed E-state index contributed by atoms with van der Waals surface area (Å²) in [5.74, 6) is 0. The molecule has 188 valence electrons. The van der Waals surface area contributed by atoms with Gasteiger partial charge in [-0.15, -0.1) is 0 Å². The van der Waals surface area contributed by atoms with E-state index in [-0.39, 0.29) is 9.52 Å². The average molecular weight is 469 g/mol. The molecule has 0 bridgehead atoms. The SMILES string of the molecule is CCCCCCCCCCCCCCCCCCC1=C(CC)C([SiH2]C2(C)C=CC=CC2)C=C1. The summed E-state index contributed by atoms with van der Waals surface area (Å²) in [6, 6.07) is 0. The minimum Gasteiger partial charge on any atom is -0.0840 e. The van der Waals surface area contributed by atoms with Gasteiger partial charge < -0.3 is 0 Å². The first kappa shape index (κ1) is 28.4. The summed E-state index contributed by atoms with van der Waals surface area (Å²) in [6.45, 7) is 7.18. The Morgan fingerprint density at radius 1 is 0.758 bits per heavy atom. The Bertz CT molecular complexity index is 622. The molecule has 0 N–H and O–H groups in total. The lowest BCUT2D eigenvalue weighted by Gasteiger charge is -2.29. The van der Waals surface area contributed by atoms with Gasteiger partial charge in [-0.2, -0.15) is 0 Å². The van der Waals surface area contributed by atoms with Crippen LogP contribution < -0.4 is 0 Å². The van der Waals surface area contributed by atoms with E-state index in [9.17, 15) is 0 Å². The van der Waals surface area contributed by atoms with Crippen LogP contribution in [0.1, 0.15) is 143 Å². The van der Waals surface area contributed by atoms with Crippen LogP contribution in [0, 0.1) is 0 Å². The minimum atomic E-state index is -0.185. The average Bonchev–Trinajstić information content (AvgIpc) is 3.19. The van der Waals surface area contributed by atoms with Gasteiger partial charge in [0.05, 0.1) is 0 Å². The minimum absolute atomic E-state index is 0.185. The molecular weight excluding hydrogens is 412 g/mol. The Hall–Kier alpha value is -0.823. The van der Waals surface area contributed by atoms with Gasteiger partial charge in [-0.25, -0.2) is 0 Å². The molecule has 2 aliphatic rings. The molecule has 0 spiro atoms. The van der Waals surface area contributed by atoms with Gasteiger partial charge in [0.25, 0.3) is 0 Å². The van der Waals surface area contributed by atoms with Crippen molar-refractivity contribution in [3.8, 4) is 0 Å². The summed E-state index contributed by atoms with van der Waals surface area (Å²) in [4.78, 5) is 0. The van der Waals surface area contributed by atoms with Crippen molar-refractivity contribution >= 4 is 9.52 Å². The van der Waals surface area contributed by atoms with Crippen LogP contribution >= 0.6 is 0 Å². The summed E-state index contributed by atoms with van der Waals surface area (Å²) in [5.41, 5.74) is 4.32. The highest BCUT2D eigenvalue weighted by Gasteiger charge is 2.29. The fourth-order valence-electron chi connectivity index (χ4n) is 5.91. The fraction of sp³-hybridized carbons (Fsp3) is 0.750. The van der Waals surface area contributed by atoms with E-state index in [0.29, 0.717) is 5.04 Å². The van der Waals surface area contributed by atoms with Crippen LogP contribution in [0.15, 0.2) is 47.6 Å². The second-order valence-corrected chi connectivity index (χ2v) is 14.2. The number of hydrogen-bond acceptors (Lipinski definition) is 0. The molecule has 0 aromatic rings. The molecule has 0 amide bonds. The number of unbranched alkanes of at least 4 members (excludes halogenated alkanes) is 15. The lowest BCUT2D eigenvalue weighted by molar-refractivity contribution is 0.529. The molecule has 0 saturated heterocycles. The first-order valence-corrected chi connectivity index (χ1v) is 16.5. The van der Waals surface area contributed by atoms with Gasteiger partial charge in [0, 0.05) is 9.52 Å². The molecule has 0 fully saturated rings. The lowest BCUT2D eigenvalue weighted by atomic mass is 10.0. The molecule has 2 unspecified atom stereocenters. The van der Waals surface area contributed by atoms with E-state index in [1.807, 2.05) is 0 Å². The molecule has 0 heterocycles. The van der Waals surface area contributed by atoms with Gasteiger partial charge >= 0.3 is 0 Å². The summed E-state index contributed by atoms with van der Waals surface area (Å²) < 4.78 is 0. The van der Waals surface area contributed by atoms with Crippen LogP contribution in [0.3, 0.4) is 0 Å². The molecule has 2 rings (SSSR count). The Balaban J connectivity index is 1.45. The van der Waals surface area contributed by atoms with Crippen molar-refractivity contribution < 1.29 is 0 Å². The molecule has 0 aromatic carbocycles. The Morgan fingerprint density at radius 2 is 1.30 bits per heavy atom. The van der Waals surface area contributed by atoms with Crippen molar-refractivity contribution in [3.05, 3.63) is 47.6 Å². The van der Waals surface area contributed by atoms with Gasteiger partial charge in [0.1, 0.15) is 0 Å². The highest BCUT2D eigenvalue weighted by atomic mass is 28.2. The summed E-state index contributed by atoms with van der Waals surface area (Å²) in [5, 5.41) is 0.480. The predicted octanol–water partition coefficient (Wildman–Crippen LogP) is 10.6. The first-order valence-electron chi connectivity index (χ1n) is 14.9. The van der Waals surface area contributed by atoms with Gasteiger partial charge in [0.2, 0.25) is 0 Å². The van der Waals surface area contributed by atoms with Crippen LogP contribution in [0.25, 0.3) is 0 Å². The van der Waals surface area contributed by atoms with Crippen molar-refractivity contribution in [2.75, 3.05) is 0 Å². The second kappa shape index (κ2) is 17.6. The zero-order chi connectivity index (χ0) is 23.6. The smallest absolute Gasteiger partial charge is 0.0447 e. The van der Waals surface area contributed by atoms with Crippen molar-refractivity contribution in [1.29, 1.82) is 0 Å². The number of hydrogen-bond donors (Lipinski definition) is 0. The largest absolute Gasteiger partial charge is 0.0840 e. The second-order valence-electron chi connectivity index (χ2n) is 11.3. The molecule has 2 atom stereocenters. The van der Waals surface area contributed by atoms with E-state index in [2.05, 4.69) is 57.2 Å². The molecule has 33 heavy (non-hydrogen) atoms. The maximum Gasteiger partial charge on any atom is 0.0447 e. The molecule has 1 heteroatoms. The first-order chi connectivity index (χ1) is 16.2. The van der Waals surface area contributed by atoms with Gasteiger partial charge in [-0.05, 0) is 41.8 Å². The van der Waals surface area contributed by atoms with E-state index in [0.717, 1.165) is 5.54 Å². The van der Waals surface area contributed by atoms with Crippen molar-refractivity contribution in [1.82, 2.24) is 0 Å². The zero-order valence-corrected chi connectivity index (χ0v) is 24.1. The molecule has 2 aliphatic carbocycles. The third kappa shape index (κ3) is 11.9. The number of rotatable bonds is 20. The van der Waals surface area contributed by atoms with Gasteiger partial charge in [-0.1, -0.05) is 159 Å². The third-order valence-electron chi connectivity index (χ3n) is 8.09. The van der Waals surface area contributed by atoms with Crippen LogP contribution in [0.4, 0.5) is 0 Å². The predicted molar refractivity (Wildman–Crippen MR) is 154 cm³/mol. The van der Waals surface area contributed by atoms with Crippen molar-refractivity contribution in [3.63, 3.8) is 0 Å². The molecular formula is C32H56Si. The monoisotopic (exact) mass is 468 g/mol. The van der Waals surface area contributed by atoms with E-state index in [1.54, 1.807) is 11.1 Å². The van der Waals surface area contributed by atoms with Crippen LogP contribution in [0.5, 0.6) is 0 Å². The van der Waals surface area contributed by atoms with Crippen LogP contribution in [0.2, 0.25) is 10.6 Å². The Labute approximate surface area is 210 Å². The Morgan fingerprint density at radius 3 is 1.79 bits per heavy atom. The highest BCUT2D eigenvalue weighted by molar-refractivity contribution is 6.45.